The molecule has 2 N–H and O–H groups in total. The number of fused-ring (bicyclic) bond motifs is 1. The smallest absolute Gasteiger partial charge is 0.253 e. The number of rotatable bonds is 3. The van der Waals surface area contributed by atoms with Crippen molar-refractivity contribution >= 4 is 33.9 Å². The number of benzene rings is 1. The summed E-state index contributed by atoms with van der Waals surface area (Å²) in [4.78, 5) is 14.8. The molecular weight excluding hydrogens is 327 g/mol. The third-order valence-electron chi connectivity index (χ3n) is 3.22. The van der Waals surface area contributed by atoms with E-state index in [4.69, 9.17) is 11.6 Å². The molecule has 0 spiro atoms. The van der Waals surface area contributed by atoms with Crippen molar-refractivity contribution < 1.29 is 8.94 Å². The quantitative estimate of drug-likeness (QED) is 0.838. The molecular formula is C15H18ClFN2O2S. The lowest BCUT2D eigenvalue weighted by atomic mass is 10.1. The van der Waals surface area contributed by atoms with E-state index in [0.29, 0.717) is 16.5 Å². The van der Waals surface area contributed by atoms with E-state index in [0.717, 1.165) is 0 Å². The van der Waals surface area contributed by atoms with Crippen molar-refractivity contribution in [3.05, 3.63) is 45.0 Å². The maximum atomic E-state index is 13.4. The Morgan fingerprint density at radius 3 is 2.59 bits per heavy atom. The third kappa shape index (κ3) is 3.63. The molecule has 2 atom stereocenters. The molecule has 0 bridgehead atoms. The van der Waals surface area contributed by atoms with Gasteiger partial charge in [-0.2, -0.15) is 0 Å². The third-order valence-corrected chi connectivity index (χ3v) is 5.19. The monoisotopic (exact) mass is 344 g/mol. The van der Waals surface area contributed by atoms with Crippen molar-refractivity contribution in [3.63, 3.8) is 0 Å². The first-order valence-corrected chi connectivity index (χ1v) is 8.32. The lowest BCUT2D eigenvalue weighted by Crippen LogP contribution is -2.41. The van der Waals surface area contributed by atoms with Crippen LogP contribution in [0.4, 0.5) is 4.39 Å². The van der Waals surface area contributed by atoms with Gasteiger partial charge in [0.15, 0.2) is 0 Å². The van der Waals surface area contributed by atoms with E-state index in [1.54, 1.807) is 13.0 Å². The van der Waals surface area contributed by atoms with E-state index in [9.17, 15) is 13.7 Å². The van der Waals surface area contributed by atoms with Gasteiger partial charge in [-0.15, -0.1) is 4.72 Å². The van der Waals surface area contributed by atoms with Gasteiger partial charge in [-0.05, 0) is 45.9 Å². The van der Waals surface area contributed by atoms with Gasteiger partial charge in [0.2, 0.25) is 0 Å². The van der Waals surface area contributed by atoms with Crippen LogP contribution in [0.5, 0.6) is 0 Å². The fourth-order valence-corrected chi connectivity index (χ4v) is 2.91. The van der Waals surface area contributed by atoms with Crippen LogP contribution < -0.4 is 10.3 Å². The fourth-order valence-electron chi connectivity index (χ4n) is 1.94. The molecule has 120 valence electrons. The van der Waals surface area contributed by atoms with Crippen molar-refractivity contribution in [1.82, 2.24) is 9.71 Å². The van der Waals surface area contributed by atoms with Gasteiger partial charge in [-0.25, -0.2) is 4.39 Å². The van der Waals surface area contributed by atoms with E-state index >= 15 is 0 Å². The number of hydrogen-bond acceptors (Lipinski definition) is 3. The van der Waals surface area contributed by atoms with Crippen LogP contribution in [0.2, 0.25) is 5.02 Å². The van der Waals surface area contributed by atoms with Crippen LogP contribution in [0, 0.1) is 5.82 Å². The molecule has 0 unspecified atom stereocenters. The van der Waals surface area contributed by atoms with E-state index in [-0.39, 0.29) is 10.6 Å². The van der Waals surface area contributed by atoms with E-state index < -0.39 is 28.0 Å². The first-order valence-electron chi connectivity index (χ1n) is 6.79. The van der Waals surface area contributed by atoms with Crippen molar-refractivity contribution in [2.75, 3.05) is 0 Å². The molecule has 7 heteroatoms. The van der Waals surface area contributed by atoms with Crippen LogP contribution in [0.1, 0.15) is 39.3 Å². The van der Waals surface area contributed by atoms with Gasteiger partial charge < -0.3 is 9.54 Å². The molecule has 0 fully saturated rings. The van der Waals surface area contributed by atoms with Gasteiger partial charge in [0.05, 0.1) is 16.6 Å². The van der Waals surface area contributed by atoms with Crippen LogP contribution >= 0.6 is 11.6 Å². The zero-order chi connectivity index (χ0) is 16.7. The maximum absolute atomic E-state index is 13.4. The molecule has 1 aromatic carbocycles. The Morgan fingerprint density at radius 2 is 2.00 bits per heavy atom. The second-order valence-corrected chi connectivity index (χ2v) is 8.53. The molecule has 0 amide bonds. The highest BCUT2D eigenvalue weighted by molar-refractivity contribution is 7.90. The van der Waals surface area contributed by atoms with Crippen molar-refractivity contribution in [2.45, 2.75) is 38.5 Å². The number of H-pyrrole nitrogens is 1. The molecule has 0 saturated carbocycles. The molecule has 22 heavy (non-hydrogen) atoms. The molecule has 4 nitrogen and oxygen atoms in total. The second-order valence-electron chi connectivity index (χ2n) is 6.13. The fraction of sp³-hybridized carbons (Fsp3) is 0.400. The summed E-state index contributed by atoms with van der Waals surface area (Å²) in [5.74, 6) is -0.586. The van der Waals surface area contributed by atoms with Gasteiger partial charge >= 0.3 is 0 Å². The molecule has 0 saturated heterocycles. The first-order chi connectivity index (χ1) is 10.1. The van der Waals surface area contributed by atoms with Crippen LogP contribution in [0.25, 0.3) is 10.9 Å². The van der Waals surface area contributed by atoms with Gasteiger partial charge in [0.1, 0.15) is 10.6 Å². The summed E-state index contributed by atoms with van der Waals surface area (Å²) < 4.78 is 28.0. The summed E-state index contributed by atoms with van der Waals surface area (Å²) in [7, 11) is 0. The van der Waals surface area contributed by atoms with E-state index in [2.05, 4.69) is 9.71 Å². The van der Waals surface area contributed by atoms with E-state index in [1.807, 2.05) is 20.8 Å². The minimum Gasteiger partial charge on any atom is -0.598 e. The van der Waals surface area contributed by atoms with Crippen molar-refractivity contribution in [2.24, 2.45) is 0 Å². The molecule has 2 aromatic rings. The predicted molar refractivity (Wildman–Crippen MR) is 89.0 cm³/mol. The van der Waals surface area contributed by atoms with Gasteiger partial charge in [-0.1, -0.05) is 11.6 Å². The molecule has 1 heterocycles. The summed E-state index contributed by atoms with van der Waals surface area (Å²) >= 11 is 4.47. The summed E-state index contributed by atoms with van der Waals surface area (Å²) in [5.41, 5.74) is 0.452. The Labute approximate surface area is 136 Å². The highest BCUT2D eigenvalue weighted by Crippen LogP contribution is 2.23. The molecule has 1 aromatic heterocycles. The standard InChI is InChI=1S/C15H18ClFN2O2S/c1-8(19-22(21)15(2,3)4)10-5-9-6-11(16)12(17)7-13(9)18-14(10)20/h5-8,19H,1-4H3,(H,18,20)/t8-,22-/m0/s1. The topological polar surface area (TPSA) is 67.9 Å². The Morgan fingerprint density at radius 1 is 1.36 bits per heavy atom. The summed E-state index contributed by atoms with van der Waals surface area (Å²) in [6.45, 7) is 7.28. The number of halogens is 2. The molecule has 0 aliphatic carbocycles. The van der Waals surface area contributed by atoms with Crippen LogP contribution in [0.15, 0.2) is 23.0 Å². The van der Waals surface area contributed by atoms with Gasteiger partial charge in [0.25, 0.3) is 5.56 Å². The highest BCUT2D eigenvalue weighted by Gasteiger charge is 2.29. The number of pyridine rings is 1. The minimum absolute atomic E-state index is 0.00983. The normalized spacial score (nSPS) is 15.0. The Kier molecular flexibility index (Phi) is 4.87. The summed E-state index contributed by atoms with van der Waals surface area (Å²) in [6.07, 6.45) is 0. The van der Waals surface area contributed by atoms with Gasteiger partial charge in [-0.3, -0.25) is 4.79 Å². The Hall–Kier alpha value is -1.08. The average molecular weight is 345 g/mol. The molecule has 0 aliphatic rings. The first kappa shape index (κ1) is 17.3. The second kappa shape index (κ2) is 6.20. The Balaban J connectivity index is 2.41. The summed E-state index contributed by atoms with van der Waals surface area (Å²) in [6, 6.07) is 3.86. The minimum atomic E-state index is -1.31. The predicted octanol–water partition coefficient (Wildman–Crippen LogP) is 3.43. The zero-order valence-electron chi connectivity index (χ0n) is 12.8. The lowest BCUT2D eigenvalue weighted by Gasteiger charge is -2.26. The average Bonchev–Trinajstić information content (AvgIpc) is 2.38. The van der Waals surface area contributed by atoms with Crippen molar-refractivity contribution in [3.8, 4) is 0 Å². The molecule has 0 aliphatic heterocycles. The van der Waals surface area contributed by atoms with Gasteiger partial charge in [0, 0.05) is 22.3 Å². The maximum Gasteiger partial charge on any atom is 0.253 e. The highest BCUT2D eigenvalue weighted by atomic mass is 35.5. The zero-order valence-corrected chi connectivity index (χ0v) is 14.4. The van der Waals surface area contributed by atoms with Crippen LogP contribution in [-0.2, 0) is 11.4 Å². The summed E-state index contributed by atoms with van der Waals surface area (Å²) in [5, 5.41) is 0.612. The van der Waals surface area contributed by atoms with E-state index in [1.165, 1.54) is 12.1 Å². The van der Waals surface area contributed by atoms with Crippen LogP contribution in [0.3, 0.4) is 0 Å². The molecule has 2 rings (SSSR count). The largest absolute Gasteiger partial charge is 0.598 e. The Bertz CT molecular complexity index is 758. The van der Waals surface area contributed by atoms with Crippen molar-refractivity contribution in [1.29, 1.82) is 0 Å². The molecule has 0 radical (unpaired) electrons. The lowest BCUT2D eigenvalue weighted by molar-refractivity contribution is 0.530. The SMILES string of the molecule is C[C@H](N[S@@+]([O-])C(C)(C)C)c1cc2cc(Cl)c(F)cc2[nH]c1=O. The van der Waals surface area contributed by atoms with Crippen LogP contribution in [-0.4, -0.2) is 14.3 Å². The number of aromatic nitrogens is 1. The number of hydrogen-bond donors (Lipinski definition) is 2. The number of aromatic amines is 1. The number of nitrogens with one attached hydrogen (secondary N) is 2.